The molecule has 3 aromatic heterocycles. The number of aromatic nitrogens is 6. The molecule has 12 aromatic rings. The van der Waals surface area contributed by atoms with E-state index in [9.17, 15) is 84.9 Å². The maximum Gasteiger partial charge on any atom is 0.416 e. The van der Waals surface area contributed by atoms with Crippen LogP contribution in [-0.2, 0) is 127 Å². The summed E-state index contributed by atoms with van der Waals surface area (Å²) in [7, 11) is 0. The minimum Gasteiger partial charge on any atom is -0.336 e. The minimum atomic E-state index is -5.41. The van der Waals surface area contributed by atoms with Gasteiger partial charge in [-0.05, 0) is 235 Å². The van der Waals surface area contributed by atoms with Gasteiger partial charge in [0.1, 0.15) is 36.9 Å². The molecule has 33 heteroatoms. The Kier molecular flexibility index (Phi) is 20.8. The van der Waals surface area contributed by atoms with E-state index in [0.717, 1.165) is 123 Å². The van der Waals surface area contributed by atoms with Gasteiger partial charge in [-0.3, -0.25) is 28.8 Å². The highest BCUT2D eigenvalue weighted by atomic mass is 32.2. The molecule has 2 unspecified atom stereocenters. The monoisotopic (exact) mass is 2080 g/mol. The fraction of sp³-hybridized carbons (Fsp3) is 0.373. The third kappa shape index (κ3) is 29.7. The van der Waals surface area contributed by atoms with E-state index in [1.54, 1.807) is 12.1 Å². The molecule has 3 aliphatic rings. The molecule has 3 aliphatic carbocycles. The highest BCUT2D eigenvalue weighted by molar-refractivity contribution is 7.98. The molecule has 0 bridgehead atoms. The van der Waals surface area contributed by atoms with Crippen LogP contribution in [0.3, 0.4) is 0 Å². The fourth-order valence-electron chi connectivity index (χ4n) is 13.8. The first-order valence-electron chi connectivity index (χ1n) is 67.8. The Hall–Kier alpha value is -11.9. The van der Waals surface area contributed by atoms with Crippen LogP contribution in [0.5, 0.6) is 0 Å². The largest absolute Gasteiger partial charge is 0.416 e. The lowest BCUT2D eigenvalue weighted by Crippen LogP contribution is -2.40. The van der Waals surface area contributed by atoms with Gasteiger partial charge >= 0.3 is 18.5 Å². The van der Waals surface area contributed by atoms with Crippen molar-refractivity contribution in [3.63, 3.8) is 0 Å². The SMILES string of the molecule is [2H]c1c([2H])c(-c2c([2H])c([2H])c(C(F)(F)F)c([2H])c2[2H])c([2H])c([2H])c1CN(CCN(C([2H])([2H])C)C([2H])([2H])C)C(=O)C([2H])([2H])n1c(SC([2H])([2H])c2ccc(F)cc2)nc(=O)c2c1C([2H])([2H])C([2H])(C)C2([2H])[2H].[2H]c1c([2H])c(C([2H])([2H])Sc2nc(=O)c3c(n2C([2H])([2H])C(=O)N(CCN(C([2H])([2H])C)C([2H])([2H])C)Cc2ccc(-c4ccc(C(F)(F)F)cc4)cc2)C([2H])([2H])C([2H])(C)C3([2H])[2H])c([2H])c([2H])c1F.[2H]c1c([2H])c(C([2H])([2H])Sc2nc(=O)c3c(n2C([2H])([2H])C(=O)N(CCN(C([2H])([2H])C)C([2H])([2H])C)Cc2ccc(-c4ccc(C(F)(F)F)cc4)cc2)CCC3)c([2H])c([2H])c1F. The average molecular weight is 2080 g/mol. The van der Waals surface area contributed by atoms with Crippen LogP contribution in [0.25, 0.3) is 33.4 Å². The Morgan fingerprint density at radius 3 is 1.00 bits per heavy atom. The Balaban J connectivity index is 0.000000234. The molecule has 0 aliphatic heterocycles. The molecule has 15 rings (SSSR count). The molecule has 2 atom stereocenters. The molecule has 0 spiro atoms. The smallest absolute Gasteiger partial charge is 0.336 e. The van der Waals surface area contributed by atoms with Crippen LogP contribution in [0.2, 0.25) is 0 Å². The summed E-state index contributed by atoms with van der Waals surface area (Å²) in [6, 6.07) is 3.75. The minimum absolute atomic E-state index is 0.00225. The zero-order valence-electron chi connectivity index (χ0n) is 127. The lowest BCUT2D eigenvalue weighted by molar-refractivity contribution is -0.138. The summed E-state index contributed by atoms with van der Waals surface area (Å²) >= 11 is -0.433. The molecule has 18 nitrogen and oxygen atoms in total. The molecule has 756 valence electrons. The van der Waals surface area contributed by atoms with Gasteiger partial charge in [-0.1, -0.05) is 236 Å². The molecular weight excluding hydrogens is 1910 g/mol. The summed E-state index contributed by atoms with van der Waals surface area (Å²) in [6.45, 7) is -24.3. The predicted octanol–water partition coefficient (Wildman–Crippen LogP) is 22.2. The maximum absolute atomic E-state index is 15.1. The van der Waals surface area contributed by atoms with E-state index in [1.165, 1.54) is 60.7 Å². The summed E-state index contributed by atoms with van der Waals surface area (Å²) in [4.78, 5) is 101. The van der Waals surface area contributed by atoms with E-state index in [4.69, 9.17) is 60.3 Å². The maximum atomic E-state index is 15.1. The Morgan fingerprint density at radius 1 is 0.357 bits per heavy atom. The number of benzene rings is 9. The van der Waals surface area contributed by atoms with Crippen molar-refractivity contribution in [1.29, 1.82) is 0 Å². The van der Waals surface area contributed by atoms with E-state index in [2.05, 4.69) is 15.0 Å². The summed E-state index contributed by atoms with van der Waals surface area (Å²) in [5, 5.41) is -3.09. The number of thioether (sulfide) groups is 3. The van der Waals surface area contributed by atoms with Crippen LogP contribution in [0.4, 0.5) is 52.7 Å². The Bertz CT molecular complexity index is 9170. The zero-order valence-corrected chi connectivity index (χ0v) is 79.1. The molecule has 0 fully saturated rings. The third-order valence-corrected chi connectivity index (χ3v) is 23.4. The van der Waals surface area contributed by atoms with Gasteiger partial charge in [0, 0.05) is 148 Å². The van der Waals surface area contributed by atoms with Gasteiger partial charge in [-0.15, -0.1) is 0 Å². The lowest BCUT2D eigenvalue weighted by Gasteiger charge is -2.28. The molecule has 3 heterocycles. The van der Waals surface area contributed by atoms with E-state index in [0.29, 0.717) is 48.9 Å². The van der Waals surface area contributed by atoms with Crippen LogP contribution in [0.1, 0.15) is 214 Å². The van der Waals surface area contributed by atoms with E-state index in [-0.39, 0.29) is 86.2 Å². The number of fused-ring (bicyclic) bond motifs is 3. The number of alkyl halides is 9. The lowest BCUT2D eigenvalue weighted by atomic mass is 10.0. The van der Waals surface area contributed by atoms with Crippen LogP contribution in [0.15, 0.2) is 248 Å². The number of carbonyl (C=O) groups is 3. The first-order valence-corrected chi connectivity index (χ1v) is 45.3. The zero-order chi connectivity index (χ0) is 147. The number of likely N-dealkylation sites (N-methyl/N-ethyl adjacent to an activating group) is 3. The van der Waals surface area contributed by atoms with Gasteiger partial charge in [-0.25, -0.2) is 13.2 Å². The highest BCUT2D eigenvalue weighted by Crippen LogP contribution is 2.38. The van der Waals surface area contributed by atoms with Crippen molar-refractivity contribution < 1.29 is 136 Å². The Labute approximate surface area is 908 Å². The van der Waals surface area contributed by atoms with Gasteiger partial charge < -0.3 is 43.1 Å². The first kappa shape index (κ1) is 59.5. The summed E-state index contributed by atoms with van der Waals surface area (Å²) in [5.41, 5.74) is -25.1. The second kappa shape index (κ2) is 50.1. The third-order valence-electron chi connectivity index (χ3n) is 21.1. The normalized spacial score (nSPS) is 22.6. The quantitative estimate of drug-likeness (QED) is 0.0202. The summed E-state index contributed by atoms with van der Waals surface area (Å²) in [6.07, 6.45) is -27.5. The number of hydrogen-bond acceptors (Lipinski definition) is 15. The number of carbonyl (C=O) groups excluding carboxylic acids is 3. The number of hydrogen-bond donors (Lipinski definition) is 0. The van der Waals surface area contributed by atoms with Crippen molar-refractivity contribution in [1.82, 2.24) is 58.1 Å². The van der Waals surface area contributed by atoms with Gasteiger partial charge in [0.15, 0.2) is 15.5 Å². The van der Waals surface area contributed by atoms with Crippen LogP contribution in [0, 0.1) is 29.2 Å². The second-order valence-electron chi connectivity index (χ2n) is 30.5. The molecule has 9 aromatic carbocycles. The predicted molar refractivity (Wildman–Crippen MR) is 539 cm³/mol. The van der Waals surface area contributed by atoms with Crippen LogP contribution < -0.4 is 16.7 Å². The van der Waals surface area contributed by atoms with Crippen molar-refractivity contribution in [3.8, 4) is 33.4 Å². The molecule has 143 heavy (non-hydrogen) atoms. The standard InChI is InChI=1S/2C37H40F4N4O2S.C36H38F4N4O2S/c2*1-4-43(5-2)18-19-44(22-26-6-10-28(11-7-26)29-12-14-30(15-13-29)37(39,40)41)34(46)23-45-33-21-25(3)20-32(33)35(47)42-36(45)48-24-27-8-16-31(38)17-9-27;1-3-42(4-2)20-21-43(22-25-8-12-27(13-9-25)28-14-16-29(17-15-28)36(38,39)40)33(45)23-44-32-7-5-6-31(32)34(46)41-35(44)47-24-26-10-18-30(37)19-11-26/h2*6-17,25H,4-5,18-24H2,1-3H3;8-19H,3-7,20-24H2,1-2H3/i4D2,5D2,6D,7D,10D,11D,12D,13D,14D,15D,20D2,21D2,23D2,24D2,25D;4D2,5D2,8D,9D,16D,17D,20D2,21D2,23D2,24D2,25D;3D2,4D2,10D,11D,18D,19D,23D2,24D2. The van der Waals surface area contributed by atoms with Crippen molar-refractivity contribution >= 4 is 53.0 Å². The van der Waals surface area contributed by atoms with Crippen molar-refractivity contribution in [2.45, 2.75) is 190 Å². The van der Waals surface area contributed by atoms with Gasteiger partial charge in [-0.2, -0.15) is 54.5 Å². The summed E-state index contributed by atoms with van der Waals surface area (Å²) < 4.78 is 593. The molecule has 0 radical (unpaired) electrons. The van der Waals surface area contributed by atoms with E-state index in [1.807, 2.05) is 0 Å². The van der Waals surface area contributed by atoms with Crippen molar-refractivity contribution in [2.24, 2.45) is 11.8 Å². The topological polar surface area (TPSA) is 175 Å². The molecule has 0 saturated carbocycles. The first-order chi connectivity index (χ1) is 87.4. The number of halogens is 12. The molecule has 3 amide bonds. The van der Waals surface area contributed by atoms with Crippen molar-refractivity contribution in [2.75, 3.05) is 78.2 Å². The van der Waals surface area contributed by atoms with Gasteiger partial charge in [0.25, 0.3) is 16.7 Å². The van der Waals surface area contributed by atoms with E-state index >= 15 is 4.79 Å². The average Bonchev–Trinajstić information content (AvgIpc) is 1.51. The van der Waals surface area contributed by atoms with Crippen molar-refractivity contribution in [3.05, 3.63) is 350 Å². The Morgan fingerprint density at radius 2 is 0.657 bits per heavy atom. The second-order valence-corrected chi connectivity index (χ2v) is 32.9. The molecule has 0 N–H and O–H groups in total. The van der Waals surface area contributed by atoms with Gasteiger partial charge in [0.05, 0.1) is 46.8 Å². The number of amides is 3. The van der Waals surface area contributed by atoms with Crippen LogP contribution >= 0.6 is 35.3 Å². The summed E-state index contributed by atoms with van der Waals surface area (Å²) in [5.74, 6) is -14.9. The van der Waals surface area contributed by atoms with Gasteiger partial charge in [0.2, 0.25) is 17.7 Å². The van der Waals surface area contributed by atoms with Crippen LogP contribution in [-0.4, -0.2) is 154 Å². The molecular formula is C110H118F12N12O6S3. The number of rotatable bonds is 39. The molecule has 0 saturated heterocycles. The number of nitrogens with zero attached hydrogens (tertiary/aromatic N) is 12. The van der Waals surface area contributed by atoms with E-state index < -0.39 is 415 Å². The fourth-order valence-corrected chi connectivity index (χ4v) is 15.8. The highest BCUT2D eigenvalue weighted by Gasteiger charge is 2.36.